The quantitative estimate of drug-likeness (QED) is 0.659. The minimum Gasteiger partial charge on any atom is -0.395 e. The molecule has 2 nitrogen and oxygen atoms in total. The molecule has 1 unspecified atom stereocenters. The van der Waals surface area contributed by atoms with E-state index in [1.54, 1.807) is 6.92 Å². The van der Waals surface area contributed by atoms with Gasteiger partial charge in [-0.3, -0.25) is 0 Å². The normalized spacial score (nSPS) is 14.8. The molecule has 0 fully saturated rings. The van der Waals surface area contributed by atoms with Gasteiger partial charge in [0.15, 0.2) is 0 Å². The van der Waals surface area contributed by atoms with Crippen molar-refractivity contribution in [3.63, 3.8) is 0 Å². The summed E-state index contributed by atoms with van der Waals surface area (Å²) < 4.78 is 34.6. The van der Waals surface area contributed by atoms with Crippen molar-refractivity contribution in [1.82, 2.24) is 5.32 Å². The maximum Gasteiger partial charge on any atom is 0.441 e. The van der Waals surface area contributed by atoms with Crippen molar-refractivity contribution in [2.75, 3.05) is 18.9 Å². The van der Waals surface area contributed by atoms with E-state index in [4.69, 9.17) is 5.11 Å². The van der Waals surface area contributed by atoms with Gasteiger partial charge in [0.2, 0.25) is 0 Å². The second-order valence-corrected chi connectivity index (χ2v) is 3.49. The van der Waals surface area contributed by atoms with E-state index in [9.17, 15) is 13.2 Å². The Morgan fingerprint density at radius 2 is 2.08 bits per heavy atom. The lowest BCUT2D eigenvalue weighted by atomic mass is 10.4. The Hall–Kier alpha value is 0.0600. The van der Waals surface area contributed by atoms with Gasteiger partial charge < -0.3 is 10.4 Å². The molecule has 0 aromatic rings. The monoisotopic (exact) mass is 203 g/mol. The van der Waals surface area contributed by atoms with Gasteiger partial charge in [0, 0.05) is 18.3 Å². The van der Waals surface area contributed by atoms with Crippen LogP contribution in [0.4, 0.5) is 13.2 Å². The van der Waals surface area contributed by atoms with Crippen molar-refractivity contribution >= 4 is 11.8 Å². The third-order valence-electron chi connectivity index (χ3n) is 1.13. The third-order valence-corrected chi connectivity index (χ3v) is 1.87. The molecular weight excluding hydrogens is 191 g/mol. The Morgan fingerprint density at radius 1 is 1.50 bits per heavy atom. The Labute approximate surface area is 73.5 Å². The molecule has 74 valence electrons. The molecule has 1 atom stereocenters. The van der Waals surface area contributed by atoms with E-state index in [1.165, 1.54) is 0 Å². The second kappa shape index (κ2) is 5.66. The number of halogens is 3. The van der Waals surface area contributed by atoms with E-state index in [-0.39, 0.29) is 36.7 Å². The van der Waals surface area contributed by atoms with Crippen LogP contribution < -0.4 is 5.32 Å². The van der Waals surface area contributed by atoms with Crippen molar-refractivity contribution in [3.05, 3.63) is 0 Å². The fourth-order valence-electron chi connectivity index (χ4n) is 0.537. The fraction of sp³-hybridized carbons (Fsp3) is 1.00. The van der Waals surface area contributed by atoms with Gasteiger partial charge in [0.1, 0.15) is 0 Å². The van der Waals surface area contributed by atoms with E-state index in [2.05, 4.69) is 5.32 Å². The SMILES string of the molecule is CC(CO)NCCSC(F)(F)F. The molecule has 0 aliphatic rings. The Balaban J connectivity index is 3.22. The molecule has 6 heteroatoms. The summed E-state index contributed by atoms with van der Waals surface area (Å²) >= 11 is -0.0581. The number of alkyl halides is 3. The van der Waals surface area contributed by atoms with Crippen LogP contribution in [0.2, 0.25) is 0 Å². The summed E-state index contributed by atoms with van der Waals surface area (Å²) in [6.45, 7) is 1.90. The van der Waals surface area contributed by atoms with Crippen LogP contribution in [-0.4, -0.2) is 35.6 Å². The highest BCUT2D eigenvalue weighted by Gasteiger charge is 2.27. The second-order valence-electron chi connectivity index (χ2n) is 2.33. The van der Waals surface area contributed by atoms with Gasteiger partial charge in [-0.05, 0) is 18.7 Å². The number of rotatable bonds is 5. The molecule has 0 rings (SSSR count). The van der Waals surface area contributed by atoms with Gasteiger partial charge in [-0.25, -0.2) is 0 Å². The van der Waals surface area contributed by atoms with Gasteiger partial charge in [-0.1, -0.05) is 0 Å². The summed E-state index contributed by atoms with van der Waals surface area (Å²) in [5.41, 5.74) is -4.15. The number of thioether (sulfide) groups is 1. The highest BCUT2D eigenvalue weighted by atomic mass is 32.2. The maximum atomic E-state index is 11.5. The number of aliphatic hydroxyl groups excluding tert-OH is 1. The zero-order valence-electron chi connectivity index (χ0n) is 6.69. The molecule has 2 N–H and O–H groups in total. The molecule has 0 amide bonds. The van der Waals surface area contributed by atoms with Gasteiger partial charge in [0.25, 0.3) is 0 Å². The van der Waals surface area contributed by atoms with Gasteiger partial charge in [-0.15, -0.1) is 0 Å². The van der Waals surface area contributed by atoms with Crippen LogP contribution in [0.15, 0.2) is 0 Å². The van der Waals surface area contributed by atoms with E-state index < -0.39 is 5.51 Å². The topological polar surface area (TPSA) is 32.3 Å². The summed E-state index contributed by atoms with van der Waals surface area (Å²) in [7, 11) is 0. The summed E-state index contributed by atoms with van der Waals surface area (Å²) in [5, 5.41) is 11.2. The van der Waals surface area contributed by atoms with E-state index >= 15 is 0 Å². The Kier molecular flexibility index (Phi) is 5.69. The van der Waals surface area contributed by atoms with Crippen molar-refractivity contribution in [3.8, 4) is 0 Å². The standard InChI is InChI=1S/C6H12F3NOS/c1-5(4-11)10-2-3-12-6(7,8)9/h5,10-11H,2-4H2,1H3. The number of aliphatic hydroxyl groups is 1. The molecule has 12 heavy (non-hydrogen) atoms. The highest BCUT2D eigenvalue weighted by Crippen LogP contribution is 2.29. The largest absolute Gasteiger partial charge is 0.441 e. The maximum absolute atomic E-state index is 11.5. The van der Waals surface area contributed by atoms with Gasteiger partial charge in [0.05, 0.1) is 6.61 Å². The molecule has 0 aliphatic heterocycles. The smallest absolute Gasteiger partial charge is 0.395 e. The minimum atomic E-state index is -4.15. The van der Waals surface area contributed by atoms with Crippen LogP contribution in [0.1, 0.15) is 6.92 Å². The first kappa shape index (κ1) is 12.1. The minimum absolute atomic E-state index is 0.0200. The molecule has 0 spiro atoms. The van der Waals surface area contributed by atoms with Gasteiger partial charge >= 0.3 is 5.51 Å². The fourth-order valence-corrected chi connectivity index (χ4v) is 0.988. The van der Waals surface area contributed by atoms with Crippen molar-refractivity contribution in [2.45, 2.75) is 18.5 Å². The third kappa shape index (κ3) is 8.16. The molecule has 0 saturated carbocycles. The van der Waals surface area contributed by atoms with Crippen LogP contribution in [0.5, 0.6) is 0 Å². The first-order valence-corrected chi connectivity index (χ1v) is 4.49. The zero-order chi connectivity index (χ0) is 9.61. The van der Waals surface area contributed by atoms with Crippen molar-refractivity contribution < 1.29 is 18.3 Å². The number of nitrogens with one attached hydrogen (secondary N) is 1. The summed E-state index contributed by atoms with van der Waals surface area (Å²) in [4.78, 5) is 0. The summed E-state index contributed by atoms with van der Waals surface area (Å²) in [6, 6.07) is -0.140. The Bertz CT molecular complexity index is 120. The molecule has 0 radical (unpaired) electrons. The summed E-state index contributed by atoms with van der Waals surface area (Å²) in [5.74, 6) is -0.0200. The molecule has 0 heterocycles. The van der Waals surface area contributed by atoms with Crippen LogP contribution >= 0.6 is 11.8 Å². The van der Waals surface area contributed by atoms with Gasteiger partial charge in [-0.2, -0.15) is 13.2 Å². The zero-order valence-corrected chi connectivity index (χ0v) is 7.50. The predicted octanol–water partition coefficient (Wildman–Crippen LogP) is 1.21. The molecule has 0 aliphatic carbocycles. The predicted molar refractivity (Wildman–Crippen MR) is 43.1 cm³/mol. The van der Waals surface area contributed by atoms with E-state index in [1.807, 2.05) is 0 Å². The van der Waals surface area contributed by atoms with Crippen LogP contribution in [0.3, 0.4) is 0 Å². The number of hydrogen-bond acceptors (Lipinski definition) is 3. The molecule has 0 bridgehead atoms. The molecule has 0 aromatic carbocycles. The van der Waals surface area contributed by atoms with Crippen LogP contribution in [0, 0.1) is 0 Å². The molecule has 0 saturated heterocycles. The lowest BCUT2D eigenvalue weighted by Gasteiger charge is -2.10. The first-order chi connectivity index (χ1) is 5.45. The first-order valence-electron chi connectivity index (χ1n) is 3.50. The number of hydrogen-bond donors (Lipinski definition) is 2. The summed E-state index contributed by atoms with van der Waals surface area (Å²) in [6.07, 6.45) is 0. The lowest BCUT2D eigenvalue weighted by molar-refractivity contribution is -0.0327. The molecular formula is C6H12F3NOS. The van der Waals surface area contributed by atoms with Crippen molar-refractivity contribution in [1.29, 1.82) is 0 Å². The highest BCUT2D eigenvalue weighted by molar-refractivity contribution is 8.00. The lowest BCUT2D eigenvalue weighted by Crippen LogP contribution is -2.31. The van der Waals surface area contributed by atoms with E-state index in [0.29, 0.717) is 0 Å². The molecule has 0 aromatic heterocycles. The van der Waals surface area contributed by atoms with Crippen LogP contribution in [-0.2, 0) is 0 Å². The van der Waals surface area contributed by atoms with Crippen molar-refractivity contribution in [2.24, 2.45) is 0 Å². The van der Waals surface area contributed by atoms with Crippen LogP contribution in [0.25, 0.3) is 0 Å². The average molecular weight is 203 g/mol. The Morgan fingerprint density at radius 3 is 2.50 bits per heavy atom. The average Bonchev–Trinajstić information content (AvgIpc) is 1.96. The van der Waals surface area contributed by atoms with E-state index in [0.717, 1.165) is 0 Å².